The number of benzene rings is 1. The summed E-state index contributed by atoms with van der Waals surface area (Å²) < 4.78 is 0. The molecule has 1 aromatic rings. The highest BCUT2D eigenvalue weighted by Crippen LogP contribution is 2.22. The van der Waals surface area contributed by atoms with Crippen molar-refractivity contribution in [3.63, 3.8) is 0 Å². The molecule has 0 heterocycles. The molecule has 0 bridgehead atoms. The summed E-state index contributed by atoms with van der Waals surface area (Å²) in [4.78, 5) is 11.2. The molecule has 0 amide bonds. The zero-order valence-corrected chi connectivity index (χ0v) is 7.66. The van der Waals surface area contributed by atoms with Gasteiger partial charge in [-0.2, -0.15) is 0 Å². The Kier molecular flexibility index (Phi) is 2.01. The lowest BCUT2D eigenvalue weighted by molar-refractivity contribution is -0.119. The van der Waals surface area contributed by atoms with Crippen molar-refractivity contribution in [2.24, 2.45) is 5.92 Å². The van der Waals surface area contributed by atoms with Gasteiger partial charge in [-0.05, 0) is 24.5 Å². The molecule has 1 nitrogen and oxygen atoms in total. The standard InChI is InChI=1S/C12H12O/c1-9(13)11-7-6-10-4-2-3-5-12(10)8-11/h2-7,11H,8H2,1H3/t11-/m0/s1. The Morgan fingerprint density at radius 3 is 2.92 bits per heavy atom. The second-order valence-corrected chi connectivity index (χ2v) is 3.48. The highest BCUT2D eigenvalue weighted by atomic mass is 16.1. The number of Topliss-reactive ketones (excluding diaryl/α,β-unsaturated/α-hetero) is 1. The molecule has 0 aliphatic heterocycles. The van der Waals surface area contributed by atoms with Crippen LogP contribution in [0.15, 0.2) is 30.3 Å². The van der Waals surface area contributed by atoms with Crippen molar-refractivity contribution in [2.75, 3.05) is 0 Å². The highest BCUT2D eigenvalue weighted by molar-refractivity contribution is 5.82. The number of carbonyl (C=O) groups is 1. The molecule has 1 aliphatic carbocycles. The van der Waals surface area contributed by atoms with E-state index in [0.29, 0.717) is 0 Å². The second-order valence-electron chi connectivity index (χ2n) is 3.48. The molecule has 0 saturated heterocycles. The van der Waals surface area contributed by atoms with Crippen molar-refractivity contribution < 1.29 is 4.79 Å². The van der Waals surface area contributed by atoms with Gasteiger partial charge in [0.05, 0.1) is 0 Å². The normalized spacial score (nSPS) is 19.6. The van der Waals surface area contributed by atoms with E-state index in [9.17, 15) is 4.79 Å². The Hall–Kier alpha value is -1.37. The Labute approximate surface area is 78.1 Å². The van der Waals surface area contributed by atoms with Gasteiger partial charge in [-0.3, -0.25) is 4.79 Å². The molecule has 1 aromatic carbocycles. The van der Waals surface area contributed by atoms with E-state index in [-0.39, 0.29) is 11.7 Å². The lowest BCUT2D eigenvalue weighted by atomic mass is 9.88. The maximum absolute atomic E-state index is 11.2. The third kappa shape index (κ3) is 1.55. The fourth-order valence-electron chi connectivity index (χ4n) is 1.69. The first kappa shape index (κ1) is 8.24. The zero-order valence-electron chi connectivity index (χ0n) is 7.66. The van der Waals surface area contributed by atoms with Gasteiger partial charge in [0, 0.05) is 5.92 Å². The smallest absolute Gasteiger partial charge is 0.136 e. The van der Waals surface area contributed by atoms with Crippen LogP contribution >= 0.6 is 0 Å². The zero-order chi connectivity index (χ0) is 9.26. The van der Waals surface area contributed by atoms with Crippen LogP contribution in [0.2, 0.25) is 0 Å². The Bertz CT molecular complexity index is 363. The lowest BCUT2D eigenvalue weighted by Crippen LogP contribution is -2.14. The average molecular weight is 172 g/mol. The molecule has 13 heavy (non-hydrogen) atoms. The summed E-state index contributed by atoms with van der Waals surface area (Å²) in [7, 11) is 0. The van der Waals surface area contributed by atoms with Crippen molar-refractivity contribution in [3.8, 4) is 0 Å². The van der Waals surface area contributed by atoms with Gasteiger partial charge in [0.15, 0.2) is 0 Å². The molecule has 1 aliphatic rings. The minimum atomic E-state index is 0.0925. The predicted octanol–water partition coefficient (Wildman–Crippen LogP) is 2.46. The van der Waals surface area contributed by atoms with Crippen LogP contribution in [-0.2, 0) is 11.2 Å². The third-order valence-corrected chi connectivity index (χ3v) is 2.53. The van der Waals surface area contributed by atoms with E-state index >= 15 is 0 Å². The van der Waals surface area contributed by atoms with Crippen LogP contribution in [0.5, 0.6) is 0 Å². The SMILES string of the molecule is CC(=O)[C@H]1C=Cc2ccccc2C1. The molecular weight excluding hydrogens is 160 g/mol. The largest absolute Gasteiger partial charge is 0.299 e. The number of hydrogen-bond acceptors (Lipinski definition) is 1. The highest BCUT2D eigenvalue weighted by Gasteiger charge is 2.16. The summed E-state index contributed by atoms with van der Waals surface area (Å²) in [5.41, 5.74) is 2.53. The maximum Gasteiger partial charge on any atom is 0.136 e. The Morgan fingerprint density at radius 2 is 2.15 bits per heavy atom. The van der Waals surface area contributed by atoms with Crippen LogP contribution in [0.4, 0.5) is 0 Å². The van der Waals surface area contributed by atoms with Crippen LogP contribution in [0, 0.1) is 5.92 Å². The van der Waals surface area contributed by atoms with Crippen molar-refractivity contribution in [1.29, 1.82) is 0 Å². The monoisotopic (exact) mass is 172 g/mol. The predicted molar refractivity (Wildman–Crippen MR) is 53.4 cm³/mol. The first-order chi connectivity index (χ1) is 6.27. The summed E-state index contributed by atoms with van der Waals surface area (Å²) in [6, 6.07) is 8.23. The molecule has 0 saturated carbocycles. The van der Waals surface area contributed by atoms with Crippen LogP contribution in [0.3, 0.4) is 0 Å². The molecule has 1 heteroatoms. The van der Waals surface area contributed by atoms with E-state index in [2.05, 4.69) is 12.1 Å². The molecule has 0 fully saturated rings. The van der Waals surface area contributed by atoms with Gasteiger partial charge in [0.25, 0.3) is 0 Å². The summed E-state index contributed by atoms with van der Waals surface area (Å²) in [5.74, 6) is 0.348. The van der Waals surface area contributed by atoms with Crippen LogP contribution in [-0.4, -0.2) is 5.78 Å². The first-order valence-corrected chi connectivity index (χ1v) is 4.54. The first-order valence-electron chi connectivity index (χ1n) is 4.54. The molecule has 0 N–H and O–H groups in total. The summed E-state index contributed by atoms with van der Waals surface area (Å²) in [6.07, 6.45) is 4.91. The molecule has 0 aromatic heterocycles. The van der Waals surface area contributed by atoms with E-state index in [4.69, 9.17) is 0 Å². The number of hydrogen-bond donors (Lipinski definition) is 0. The average Bonchev–Trinajstić information content (AvgIpc) is 2.17. The van der Waals surface area contributed by atoms with Crippen LogP contribution in [0.1, 0.15) is 18.1 Å². The summed E-state index contributed by atoms with van der Waals surface area (Å²) in [5, 5.41) is 0. The van der Waals surface area contributed by atoms with Crippen molar-refractivity contribution >= 4 is 11.9 Å². The number of ketones is 1. The Morgan fingerprint density at radius 1 is 1.38 bits per heavy atom. The van der Waals surface area contributed by atoms with E-state index in [1.54, 1.807) is 6.92 Å². The van der Waals surface area contributed by atoms with Gasteiger partial charge in [-0.1, -0.05) is 36.4 Å². The number of carbonyl (C=O) groups excluding carboxylic acids is 1. The number of allylic oxidation sites excluding steroid dienone is 1. The molecule has 66 valence electrons. The maximum atomic E-state index is 11.2. The van der Waals surface area contributed by atoms with E-state index in [0.717, 1.165) is 6.42 Å². The summed E-state index contributed by atoms with van der Waals surface area (Å²) >= 11 is 0. The fourth-order valence-corrected chi connectivity index (χ4v) is 1.69. The molecule has 0 unspecified atom stereocenters. The molecule has 1 atom stereocenters. The van der Waals surface area contributed by atoms with Gasteiger partial charge in [-0.25, -0.2) is 0 Å². The molecular formula is C12H12O. The number of rotatable bonds is 1. The van der Waals surface area contributed by atoms with Crippen molar-refractivity contribution in [3.05, 3.63) is 41.5 Å². The van der Waals surface area contributed by atoms with Crippen LogP contribution in [0.25, 0.3) is 6.08 Å². The van der Waals surface area contributed by atoms with Crippen LogP contribution < -0.4 is 0 Å². The Balaban J connectivity index is 2.34. The van der Waals surface area contributed by atoms with Gasteiger partial charge < -0.3 is 0 Å². The van der Waals surface area contributed by atoms with Gasteiger partial charge in [0.1, 0.15) is 5.78 Å². The molecule has 2 rings (SSSR count). The molecule has 0 radical (unpaired) electrons. The summed E-state index contributed by atoms with van der Waals surface area (Å²) in [6.45, 7) is 1.66. The third-order valence-electron chi connectivity index (χ3n) is 2.53. The van der Waals surface area contributed by atoms with E-state index < -0.39 is 0 Å². The van der Waals surface area contributed by atoms with Gasteiger partial charge in [-0.15, -0.1) is 0 Å². The van der Waals surface area contributed by atoms with Crippen molar-refractivity contribution in [1.82, 2.24) is 0 Å². The fraction of sp³-hybridized carbons (Fsp3) is 0.250. The minimum absolute atomic E-state index is 0.0925. The van der Waals surface area contributed by atoms with Gasteiger partial charge in [0.2, 0.25) is 0 Å². The van der Waals surface area contributed by atoms with E-state index in [1.165, 1.54) is 11.1 Å². The topological polar surface area (TPSA) is 17.1 Å². The lowest BCUT2D eigenvalue weighted by Gasteiger charge is -2.16. The molecule has 0 spiro atoms. The van der Waals surface area contributed by atoms with Crippen molar-refractivity contribution in [2.45, 2.75) is 13.3 Å². The number of fused-ring (bicyclic) bond motifs is 1. The minimum Gasteiger partial charge on any atom is -0.299 e. The van der Waals surface area contributed by atoms with E-state index in [1.807, 2.05) is 24.3 Å². The second kappa shape index (κ2) is 3.17. The van der Waals surface area contributed by atoms with Gasteiger partial charge >= 0.3 is 0 Å². The quantitative estimate of drug-likeness (QED) is 0.636.